The lowest BCUT2D eigenvalue weighted by Gasteiger charge is -2.28. The number of para-hydroxylation sites is 1. The summed E-state index contributed by atoms with van der Waals surface area (Å²) in [6, 6.07) is 21.2. The number of rotatable bonds is 2. The Labute approximate surface area is 118 Å². The molecule has 1 aromatic heterocycles. The molecule has 2 heterocycles. The van der Waals surface area contributed by atoms with Crippen LogP contribution in [0.1, 0.15) is 11.6 Å². The van der Waals surface area contributed by atoms with Crippen molar-refractivity contribution in [1.82, 2.24) is 10.3 Å². The molecule has 0 radical (unpaired) electrons. The summed E-state index contributed by atoms with van der Waals surface area (Å²) in [5, 5.41) is 4.56. The molecule has 0 unspecified atom stereocenters. The normalized spacial score (nSPS) is 15.2. The van der Waals surface area contributed by atoms with E-state index in [1.54, 1.807) is 0 Å². The number of aromatic nitrogens is 1. The second kappa shape index (κ2) is 4.73. The summed E-state index contributed by atoms with van der Waals surface area (Å²) in [4.78, 5) is 4.93. The lowest BCUT2D eigenvalue weighted by molar-refractivity contribution is 0.441. The Balaban J connectivity index is 1.96. The van der Waals surface area contributed by atoms with Gasteiger partial charge in [0.25, 0.3) is 0 Å². The van der Waals surface area contributed by atoms with Gasteiger partial charge in [0.1, 0.15) is 0 Å². The van der Waals surface area contributed by atoms with Crippen LogP contribution in [0.15, 0.2) is 60.7 Å². The second-order valence-electron chi connectivity index (χ2n) is 5.34. The van der Waals surface area contributed by atoms with E-state index in [9.17, 15) is 0 Å². The number of nitrogens with zero attached hydrogens (tertiary/aromatic N) is 1. The van der Waals surface area contributed by atoms with Crippen LogP contribution in [0.2, 0.25) is 0 Å². The molecule has 2 nitrogen and oxygen atoms in total. The number of nitrogens with one attached hydrogen (secondary N) is 1. The summed E-state index contributed by atoms with van der Waals surface area (Å²) in [5.41, 5.74) is 4.85. The highest BCUT2D eigenvalue weighted by Gasteiger charge is 2.24. The fourth-order valence-electron chi connectivity index (χ4n) is 2.77. The van der Waals surface area contributed by atoms with Crippen molar-refractivity contribution >= 4 is 10.9 Å². The van der Waals surface area contributed by atoms with Crippen molar-refractivity contribution in [2.75, 3.05) is 13.1 Å². The Morgan fingerprint density at radius 2 is 1.65 bits per heavy atom. The first kappa shape index (κ1) is 11.6. The van der Waals surface area contributed by atoms with Crippen molar-refractivity contribution in [2.24, 2.45) is 0 Å². The van der Waals surface area contributed by atoms with E-state index in [1.807, 2.05) is 0 Å². The molecular weight excluding hydrogens is 244 g/mol. The Morgan fingerprint density at radius 1 is 0.900 bits per heavy atom. The van der Waals surface area contributed by atoms with Gasteiger partial charge in [0.2, 0.25) is 0 Å². The minimum atomic E-state index is 0.537. The highest BCUT2D eigenvalue weighted by atomic mass is 15.0. The van der Waals surface area contributed by atoms with Crippen LogP contribution in [0, 0.1) is 0 Å². The third-order valence-corrected chi connectivity index (χ3v) is 4.01. The van der Waals surface area contributed by atoms with E-state index in [2.05, 4.69) is 66.0 Å². The predicted molar refractivity (Wildman–Crippen MR) is 82.8 cm³/mol. The fourth-order valence-corrected chi connectivity index (χ4v) is 2.77. The van der Waals surface area contributed by atoms with E-state index in [0.29, 0.717) is 5.92 Å². The molecule has 98 valence electrons. The van der Waals surface area contributed by atoms with Crippen molar-refractivity contribution in [3.8, 4) is 11.1 Å². The van der Waals surface area contributed by atoms with Gasteiger partial charge in [0, 0.05) is 30.0 Å². The van der Waals surface area contributed by atoms with Gasteiger partial charge in [-0.15, -0.1) is 0 Å². The summed E-state index contributed by atoms with van der Waals surface area (Å²) in [5.74, 6) is 0.537. The van der Waals surface area contributed by atoms with E-state index in [0.717, 1.165) is 18.6 Å². The van der Waals surface area contributed by atoms with E-state index in [-0.39, 0.29) is 0 Å². The van der Waals surface area contributed by atoms with E-state index in [4.69, 9.17) is 4.98 Å². The van der Waals surface area contributed by atoms with Gasteiger partial charge in [-0.1, -0.05) is 48.5 Å². The molecule has 0 saturated carbocycles. The second-order valence-corrected chi connectivity index (χ2v) is 5.34. The molecule has 2 heteroatoms. The van der Waals surface area contributed by atoms with Gasteiger partial charge in [-0.25, -0.2) is 0 Å². The molecule has 0 atom stereocenters. The minimum Gasteiger partial charge on any atom is -0.315 e. The van der Waals surface area contributed by atoms with Crippen molar-refractivity contribution in [3.05, 3.63) is 66.4 Å². The monoisotopic (exact) mass is 260 g/mol. The Morgan fingerprint density at radius 3 is 2.40 bits per heavy atom. The van der Waals surface area contributed by atoms with E-state index >= 15 is 0 Å². The highest BCUT2D eigenvalue weighted by molar-refractivity contribution is 5.85. The summed E-state index contributed by atoms with van der Waals surface area (Å²) >= 11 is 0. The quantitative estimate of drug-likeness (QED) is 0.761. The molecule has 2 aromatic carbocycles. The zero-order chi connectivity index (χ0) is 13.4. The summed E-state index contributed by atoms with van der Waals surface area (Å²) in [6.45, 7) is 2.07. The van der Waals surface area contributed by atoms with Gasteiger partial charge in [-0.05, 0) is 17.7 Å². The van der Waals surface area contributed by atoms with Crippen molar-refractivity contribution in [1.29, 1.82) is 0 Å². The Hall–Kier alpha value is -2.19. The van der Waals surface area contributed by atoms with Gasteiger partial charge in [0.15, 0.2) is 0 Å². The van der Waals surface area contributed by atoms with Crippen LogP contribution in [-0.4, -0.2) is 18.1 Å². The largest absolute Gasteiger partial charge is 0.315 e. The van der Waals surface area contributed by atoms with Gasteiger partial charge < -0.3 is 5.32 Å². The number of pyridine rings is 1. The van der Waals surface area contributed by atoms with Crippen LogP contribution in [0.4, 0.5) is 0 Å². The van der Waals surface area contributed by atoms with Crippen molar-refractivity contribution in [2.45, 2.75) is 5.92 Å². The first-order valence-corrected chi connectivity index (χ1v) is 7.07. The molecule has 1 N–H and O–H groups in total. The molecule has 3 aromatic rings. The molecule has 1 saturated heterocycles. The number of fused-ring (bicyclic) bond motifs is 1. The zero-order valence-electron chi connectivity index (χ0n) is 11.2. The summed E-state index contributed by atoms with van der Waals surface area (Å²) < 4.78 is 0. The third kappa shape index (κ3) is 1.89. The molecule has 1 aliphatic rings. The van der Waals surface area contributed by atoms with Crippen LogP contribution in [0.5, 0.6) is 0 Å². The number of hydrogen-bond acceptors (Lipinski definition) is 2. The topological polar surface area (TPSA) is 24.9 Å². The lowest BCUT2D eigenvalue weighted by Crippen LogP contribution is -2.40. The third-order valence-electron chi connectivity index (χ3n) is 4.01. The zero-order valence-corrected chi connectivity index (χ0v) is 11.2. The van der Waals surface area contributed by atoms with Crippen molar-refractivity contribution in [3.63, 3.8) is 0 Å². The maximum Gasteiger partial charge on any atom is 0.0705 e. The predicted octanol–water partition coefficient (Wildman–Crippen LogP) is 3.59. The van der Waals surface area contributed by atoms with Crippen LogP contribution in [-0.2, 0) is 0 Å². The summed E-state index contributed by atoms with van der Waals surface area (Å²) in [7, 11) is 0. The molecule has 1 fully saturated rings. The van der Waals surface area contributed by atoms with Gasteiger partial charge >= 0.3 is 0 Å². The summed E-state index contributed by atoms with van der Waals surface area (Å²) in [6.07, 6.45) is 0. The first-order chi connectivity index (χ1) is 9.92. The molecule has 1 aliphatic heterocycles. The van der Waals surface area contributed by atoms with Crippen molar-refractivity contribution < 1.29 is 0 Å². The molecular formula is C18H16N2. The minimum absolute atomic E-state index is 0.537. The maximum absolute atomic E-state index is 4.93. The number of benzene rings is 2. The average Bonchev–Trinajstić information content (AvgIpc) is 2.46. The van der Waals surface area contributed by atoms with Gasteiger partial charge in [-0.3, -0.25) is 4.98 Å². The standard InChI is InChI=1S/C18H16N2/c1-2-6-13(7-3-1)16-10-14-8-4-5-9-17(14)20-18(16)15-11-19-12-15/h1-10,15,19H,11-12H2. The Bertz CT molecular complexity index is 746. The van der Waals surface area contributed by atoms with Gasteiger partial charge in [-0.2, -0.15) is 0 Å². The average molecular weight is 260 g/mol. The van der Waals surface area contributed by atoms with Crippen LogP contribution >= 0.6 is 0 Å². The first-order valence-electron chi connectivity index (χ1n) is 7.07. The molecule has 0 bridgehead atoms. The lowest BCUT2D eigenvalue weighted by atomic mass is 9.90. The Kier molecular flexibility index (Phi) is 2.75. The smallest absolute Gasteiger partial charge is 0.0705 e. The molecule has 0 spiro atoms. The van der Waals surface area contributed by atoms with E-state index in [1.165, 1.54) is 22.2 Å². The number of hydrogen-bond donors (Lipinski definition) is 1. The van der Waals surface area contributed by atoms with E-state index < -0.39 is 0 Å². The maximum atomic E-state index is 4.93. The molecule has 4 rings (SSSR count). The van der Waals surface area contributed by atoms with Crippen LogP contribution < -0.4 is 5.32 Å². The molecule has 0 amide bonds. The highest BCUT2D eigenvalue weighted by Crippen LogP contribution is 2.32. The molecule has 20 heavy (non-hydrogen) atoms. The molecule has 0 aliphatic carbocycles. The SMILES string of the molecule is c1ccc(-c2cc3ccccc3nc2C2CNC2)cc1. The van der Waals surface area contributed by atoms with Gasteiger partial charge in [0.05, 0.1) is 11.2 Å². The van der Waals surface area contributed by atoms with Crippen LogP contribution in [0.25, 0.3) is 22.0 Å². The van der Waals surface area contributed by atoms with Crippen LogP contribution in [0.3, 0.4) is 0 Å². The fraction of sp³-hybridized carbons (Fsp3) is 0.167.